The number of anilines is 1. The monoisotopic (exact) mass is 308 g/mol. The number of nitrogens with one attached hydrogen (secondary N) is 1. The Morgan fingerprint density at radius 1 is 1.50 bits per heavy atom. The third kappa shape index (κ3) is 2.23. The van der Waals surface area contributed by atoms with Crippen molar-refractivity contribution in [2.24, 2.45) is 5.41 Å². The molecule has 2 heterocycles. The standard InChI is InChI=1S/C13H17BrN4/c1-13(2)4-3-9(7-13)16-11-12-15-5-6-18(12)8-10(14)17-11/h5-6,8-9H,3-4,7H2,1-2H3,(H,16,17). The SMILES string of the molecule is CC1(C)CCC(Nc2nc(Br)cn3ccnc23)C1. The zero-order valence-corrected chi connectivity index (χ0v) is 12.2. The fourth-order valence-corrected chi connectivity index (χ4v) is 3.15. The van der Waals surface area contributed by atoms with Crippen LogP contribution in [0.5, 0.6) is 0 Å². The van der Waals surface area contributed by atoms with E-state index in [1.54, 1.807) is 6.20 Å². The van der Waals surface area contributed by atoms with Gasteiger partial charge in [-0.3, -0.25) is 0 Å². The molecular formula is C13H17BrN4. The maximum absolute atomic E-state index is 4.51. The highest BCUT2D eigenvalue weighted by Crippen LogP contribution is 2.38. The Labute approximate surface area is 115 Å². The highest BCUT2D eigenvalue weighted by atomic mass is 79.9. The van der Waals surface area contributed by atoms with Gasteiger partial charge in [-0.25, -0.2) is 9.97 Å². The van der Waals surface area contributed by atoms with Gasteiger partial charge in [-0.1, -0.05) is 13.8 Å². The molecule has 1 aliphatic rings. The molecule has 0 aromatic carbocycles. The summed E-state index contributed by atoms with van der Waals surface area (Å²) in [6.45, 7) is 4.66. The van der Waals surface area contributed by atoms with Crippen molar-refractivity contribution in [2.75, 3.05) is 5.32 Å². The molecule has 0 amide bonds. The van der Waals surface area contributed by atoms with Crippen LogP contribution in [-0.2, 0) is 0 Å². The lowest BCUT2D eigenvalue weighted by Crippen LogP contribution is -2.19. The van der Waals surface area contributed by atoms with Crippen LogP contribution in [-0.4, -0.2) is 20.4 Å². The molecule has 0 aliphatic heterocycles. The summed E-state index contributed by atoms with van der Waals surface area (Å²) < 4.78 is 2.81. The lowest BCUT2D eigenvalue weighted by Gasteiger charge is -2.18. The Kier molecular flexibility index (Phi) is 2.81. The zero-order chi connectivity index (χ0) is 12.8. The number of imidazole rings is 1. The maximum Gasteiger partial charge on any atom is 0.180 e. The molecule has 0 radical (unpaired) electrons. The molecule has 5 heteroatoms. The van der Waals surface area contributed by atoms with Gasteiger partial charge >= 0.3 is 0 Å². The third-order valence-corrected chi connectivity index (χ3v) is 4.04. The highest BCUT2D eigenvalue weighted by Gasteiger charge is 2.31. The Balaban J connectivity index is 1.88. The van der Waals surface area contributed by atoms with Crippen molar-refractivity contribution in [2.45, 2.75) is 39.2 Å². The second-order valence-electron chi connectivity index (χ2n) is 5.82. The summed E-state index contributed by atoms with van der Waals surface area (Å²) in [5, 5.41) is 3.54. The molecule has 0 bridgehead atoms. The first-order valence-electron chi connectivity index (χ1n) is 6.29. The average molecular weight is 309 g/mol. The van der Waals surface area contributed by atoms with Crippen molar-refractivity contribution in [3.63, 3.8) is 0 Å². The molecule has 96 valence electrons. The van der Waals surface area contributed by atoms with E-state index >= 15 is 0 Å². The van der Waals surface area contributed by atoms with E-state index in [1.165, 1.54) is 19.3 Å². The summed E-state index contributed by atoms with van der Waals surface area (Å²) >= 11 is 3.44. The van der Waals surface area contributed by atoms with Crippen molar-refractivity contribution >= 4 is 27.4 Å². The van der Waals surface area contributed by atoms with E-state index in [1.807, 2.05) is 16.8 Å². The van der Waals surface area contributed by atoms with Crippen LogP contribution in [0.4, 0.5) is 5.82 Å². The topological polar surface area (TPSA) is 42.2 Å². The maximum atomic E-state index is 4.51. The van der Waals surface area contributed by atoms with Crippen LogP contribution in [0.3, 0.4) is 0 Å². The van der Waals surface area contributed by atoms with Gasteiger partial charge < -0.3 is 9.72 Å². The Morgan fingerprint density at radius 2 is 2.33 bits per heavy atom. The van der Waals surface area contributed by atoms with Gasteiger partial charge in [0.1, 0.15) is 4.60 Å². The van der Waals surface area contributed by atoms with Gasteiger partial charge in [0.25, 0.3) is 0 Å². The molecule has 4 nitrogen and oxygen atoms in total. The Morgan fingerprint density at radius 3 is 3.06 bits per heavy atom. The van der Waals surface area contributed by atoms with Gasteiger partial charge in [-0.2, -0.15) is 0 Å². The van der Waals surface area contributed by atoms with Crippen LogP contribution in [0.1, 0.15) is 33.1 Å². The van der Waals surface area contributed by atoms with Gasteiger partial charge in [-0.05, 0) is 40.6 Å². The van der Waals surface area contributed by atoms with E-state index in [4.69, 9.17) is 0 Å². The number of nitrogens with zero attached hydrogens (tertiary/aromatic N) is 3. The second kappa shape index (κ2) is 4.23. The average Bonchev–Trinajstić information content (AvgIpc) is 2.84. The predicted octanol–water partition coefficient (Wildman–Crippen LogP) is 3.48. The third-order valence-electron chi connectivity index (χ3n) is 3.65. The van der Waals surface area contributed by atoms with E-state index in [9.17, 15) is 0 Å². The molecule has 1 aliphatic carbocycles. The van der Waals surface area contributed by atoms with Gasteiger partial charge in [-0.15, -0.1) is 0 Å². The highest BCUT2D eigenvalue weighted by molar-refractivity contribution is 9.10. The molecule has 1 fully saturated rings. The summed E-state index contributed by atoms with van der Waals surface area (Å²) in [6.07, 6.45) is 9.32. The van der Waals surface area contributed by atoms with Crippen molar-refractivity contribution < 1.29 is 0 Å². The summed E-state index contributed by atoms with van der Waals surface area (Å²) in [4.78, 5) is 8.86. The van der Waals surface area contributed by atoms with Crippen LogP contribution >= 0.6 is 15.9 Å². The van der Waals surface area contributed by atoms with Crippen molar-refractivity contribution in [1.29, 1.82) is 0 Å². The first-order valence-corrected chi connectivity index (χ1v) is 7.09. The van der Waals surface area contributed by atoms with Crippen LogP contribution in [0, 0.1) is 5.41 Å². The van der Waals surface area contributed by atoms with E-state index in [2.05, 4.69) is 45.1 Å². The summed E-state index contributed by atoms with van der Waals surface area (Å²) in [6, 6.07) is 0.502. The number of aromatic nitrogens is 3. The van der Waals surface area contributed by atoms with E-state index in [0.29, 0.717) is 11.5 Å². The summed E-state index contributed by atoms with van der Waals surface area (Å²) in [5.41, 5.74) is 1.33. The molecule has 1 N–H and O–H groups in total. The van der Waals surface area contributed by atoms with E-state index in [-0.39, 0.29) is 0 Å². The molecule has 1 atom stereocenters. The van der Waals surface area contributed by atoms with Crippen LogP contribution in [0.25, 0.3) is 5.65 Å². The summed E-state index contributed by atoms with van der Waals surface area (Å²) in [7, 11) is 0. The molecule has 2 aromatic heterocycles. The van der Waals surface area contributed by atoms with E-state index < -0.39 is 0 Å². The van der Waals surface area contributed by atoms with Crippen LogP contribution in [0.15, 0.2) is 23.2 Å². The van der Waals surface area contributed by atoms with Crippen molar-refractivity contribution in [3.8, 4) is 0 Å². The largest absolute Gasteiger partial charge is 0.364 e. The number of halogens is 1. The van der Waals surface area contributed by atoms with Gasteiger partial charge in [0.2, 0.25) is 0 Å². The van der Waals surface area contributed by atoms with Crippen LogP contribution < -0.4 is 5.32 Å². The number of hydrogen-bond acceptors (Lipinski definition) is 3. The van der Waals surface area contributed by atoms with Crippen molar-refractivity contribution in [3.05, 3.63) is 23.2 Å². The molecule has 2 aromatic rings. The van der Waals surface area contributed by atoms with Gasteiger partial charge in [0.05, 0.1) is 0 Å². The van der Waals surface area contributed by atoms with Gasteiger partial charge in [0.15, 0.2) is 11.5 Å². The first-order chi connectivity index (χ1) is 8.53. The fourth-order valence-electron chi connectivity index (χ4n) is 2.75. The molecule has 0 saturated heterocycles. The van der Waals surface area contributed by atoms with Gasteiger partial charge in [0, 0.05) is 24.6 Å². The molecular weight excluding hydrogens is 292 g/mol. The van der Waals surface area contributed by atoms with Crippen molar-refractivity contribution in [1.82, 2.24) is 14.4 Å². The Bertz CT molecular complexity index is 575. The Hall–Kier alpha value is -1.10. The zero-order valence-electron chi connectivity index (χ0n) is 10.7. The number of hydrogen-bond donors (Lipinski definition) is 1. The molecule has 3 rings (SSSR count). The molecule has 18 heavy (non-hydrogen) atoms. The number of fused-ring (bicyclic) bond motifs is 1. The quantitative estimate of drug-likeness (QED) is 0.923. The lowest BCUT2D eigenvalue weighted by atomic mass is 9.92. The second-order valence-corrected chi connectivity index (χ2v) is 6.63. The van der Waals surface area contributed by atoms with E-state index in [0.717, 1.165) is 16.1 Å². The lowest BCUT2D eigenvalue weighted by molar-refractivity contribution is 0.378. The smallest absolute Gasteiger partial charge is 0.180 e. The predicted molar refractivity (Wildman–Crippen MR) is 75.7 cm³/mol. The minimum absolute atomic E-state index is 0.440. The molecule has 0 spiro atoms. The van der Waals surface area contributed by atoms with Crippen LogP contribution in [0.2, 0.25) is 0 Å². The number of rotatable bonds is 2. The fraction of sp³-hybridized carbons (Fsp3) is 0.538. The normalized spacial score (nSPS) is 22.5. The minimum Gasteiger partial charge on any atom is -0.364 e. The first kappa shape index (κ1) is 12.0. The minimum atomic E-state index is 0.440. The molecule has 1 saturated carbocycles. The summed E-state index contributed by atoms with van der Waals surface area (Å²) in [5.74, 6) is 0.872. The molecule has 1 unspecified atom stereocenters.